The van der Waals surface area contributed by atoms with Gasteiger partial charge in [0.1, 0.15) is 0 Å². The molecule has 6 rings (SSSR count). The molecule has 4 bridgehead atoms. The number of amides is 1. The number of hydrogen-bond acceptors (Lipinski definition) is 2. The minimum Gasteiger partial charge on any atom is -0.343 e. The predicted molar refractivity (Wildman–Crippen MR) is 118 cm³/mol. The van der Waals surface area contributed by atoms with Crippen LogP contribution >= 0.6 is 11.6 Å². The number of benzene rings is 1. The number of nitrogens with zero attached hydrogens (tertiary/aromatic N) is 1. The monoisotopic (exact) mass is 414 g/mol. The van der Waals surface area contributed by atoms with Crippen molar-refractivity contribution in [3.05, 3.63) is 34.9 Å². The zero-order valence-electron chi connectivity index (χ0n) is 17.9. The highest BCUT2D eigenvalue weighted by Gasteiger charge is 2.59. The fourth-order valence-electron chi connectivity index (χ4n) is 7.87. The smallest absolute Gasteiger partial charge is 0.219 e. The Hall–Kier alpha value is -1.06. The molecule has 3 unspecified atom stereocenters. The summed E-state index contributed by atoms with van der Waals surface area (Å²) in [6.45, 7) is 5.97. The molecule has 29 heavy (non-hydrogen) atoms. The minimum atomic E-state index is 0.225. The Balaban J connectivity index is 1.33. The maximum atomic E-state index is 11.6. The molecule has 3 nitrogen and oxygen atoms in total. The molecule has 1 aromatic carbocycles. The Labute approximate surface area is 180 Å². The molecule has 5 fully saturated rings. The van der Waals surface area contributed by atoms with Crippen molar-refractivity contribution in [2.24, 2.45) is 17.3 Å². The molecule has 0 aromatic heterocycles. The third-order valence-corrected chi connectivity index (χ3v) is 9.16. The van der Waals surface area contributed by atoms with E-state index >= 15 is 0 Å². The maximum Gasteiger partial charge on any atom is 0.219 e. The number of piperidine rings is 1. The Morgan fingerprint density at radius 2 is 1.72 bits per heavy atom. The number of carbonyl (C=O) groups is 1. The van der Waals surface area contributed by atoms with Crippen LogP contribution in [0.3, 0.4) is 0 Å². The van der Waals surface area contributed by atoms with Crippen molar-refractivity contribution in [1.29, 1.82) is 0 Å². The van der Waals surface area contributed by atoms with Gasteiger partial charge in [-0.25, -0.2) is 0 Å². The molecule has 4 saturated carbocycles. The lowest BCUT2D eigenvalue weighted by atomic mass is 9.41. The molecule has 0 radical (unpaired) electrons. The summed E-state index contributed by atoms with van der Waals surface area (Å²) in [5.74, 6) is 1.99. The molecule has 1 heterocycles. The lowest BCUT2D eigenvalue weighted by Crippen LogP contribution is -2.61. The number of rotatable bonds is 4. The summed E-state index contributed by atoms with van der Waals surface area (Å²) in [5.41, 5.74) is 2.33. The molecule has 3 atom stereocenters. The molecule has 4 aliphatic carbocycles. The Morgan fingerprint density at radius 3 is 2.31 bits per heavy atom. The van der Waals surface area contributed by atoms with Crippen LogP contribution in [0.25, 0.3) is 0 Å². The van der Waals surface area contributed by atoms with Gasteiger partial charge < -0.3 is 10.2 Å². The summed E-state index contributed by atoms with van der Waals surface area (Å²) in [7, 11) is 0. The van der Waals surface area contributed by atoms with Gasteiger partial charge in [0.15, 0.2) is 0 Å². The van der Waals surface area contributed by atoms with Gasteiger partial charge in [-0.3, -0.25) is 4.79 Å². The largest absolute Gasteiger partial charge is 0.343 e. The Bertz CT molecular complexity index is 754. The zero-order valence-corrected chi connectivity index (χ0v) is 18.7. The van der Waals surface area contributed by atoms with Gasteiger partial charge >= 0.3 is 0 Å². The normalized spacial score (nSPS) is 37.7. The van der Waals surface area contributed by atoms with Crippen LogP contribution in [0.2, 0.25) is 5.02 Å². The van der Waals surface area contributed by atoms with E-state index in [1.54, 1.807) is 6.92 Å². The first kappa shape index (κ1) is 19.9. The number of likely N-dealkylation sites (tertiary alicyclic amines) is 1. The van der Waals surface area contributed by atoms with Gasteiger partial charge in [-0.2, -0.15) is 0 Å². The minimum absolute atomic E-state index is 0.225. The summed E-state index contributed by atoms with van der Waals surface area (Å²) in [6, 6.07) is 9.89. The van der Waals surface area contributed by atoms with Crippen molar-refractivity contribution in [1.82, 2.24) is 10.2 Å². The van der Waals surface area contributed by atoms with E-state index in [9.17, 15) is 4.79 Å². The van der Waals surface area contributed by atoms with Crippen molar-refractivity contribution in [2.75, 3.05) is 13.1 Å². The second-order valence-electron chi connectivity index (χ2n) is 10.8. The number of halogens is 1. The molecule has 0 spiro atoms. The van der Waals surface area contributed by atoms with Gasteiger partial charge in [-0.1, -0.05) is 23.7 Å². The van der Waals surface area contributed by atoms with E-state index in [0.29, 0.717) is 22.9 Å². The van der Waals surface area contributed by atoms with Crippen molar-refractivity contribution >= 4 is 17.5 Å². The summed E-state index contributed by atoms with van der Waals surface area (Å²) >= 11 is 6.20. The van der Waals surface area contributed by atoms with Crippen LogP contribution < -0.4 is 5.32 Å². The Kier molecular flexibility index (Phi) is 4.98. The highest BCUT2D eigenvalue weighted by Crippen LogP contribution is 2.66. The fraction of sp³-hybridized carbons (Fsp3) is 0.720. The van der Waals surface area contributed by atoms with E-state index in [2.05, 4.69) is 36.5 Å². The quantitative estimate of drug-likeness (QED) is 0.737. The van der Waals surface area contributed by atoms with E-state index in [1.807, 2.05) is 4.90 Å². The van der Waals surface area contributed by atoms with Gasteiger partial charge in [0.25, 0.3) is 0 Å². The van der Waals surface area contributed by atoms with Crippen molar-refractivity contribution in [3.63, 3.8) is 0 Å². The van der Waals surface area contributed by atoms with Crippen molar-refractivity contribution in [2.45, 2.75) is 82.7 Å². The second kappa shape index (κ2) is 7.27. The van der Waals surface area contributed by atoms with E-state index in [0.717, 1.165) is 42.8 Å². The number of carbonyl (C=O) groups excluding carboxylic acids is 1. The first-order valence-electron chi connectivity index (χ1n) is 11.7. The molecule has 5 aliphatic rings. The maximum absolute atomic E-state index is 11.6. The molecular weight excluding hydrogens is 380 g/mol. The molecule has 158 valence electrons. The van der Waals surface area contributed by atoms with E-state index in [-0.39, 0.29) is 5.91 Å². The number of hydrogen-bond donors (Lipinski definition) is 1. The average molecular weight is 415 g/mol. The fourth-order valence-corrected chi connectivity index (χ4v) is 8.00. The number of nitrogens with one attached hydrogen (secondary N) is 1. The van der Waals surface area contributed by atoms with E-state index < -0.39 is 0 Å². The first-order valence-corrected chi connectivity index (χ1v) is 12.0. The van der Waals surface area contributed by atoms with E-state index in [4.69, 9.17) is 11.6 Å². The second-order valence-corrected chi connectivity index (χ2v) is 11.2. The molecule has 1 saturated heterocycles. The highest BCUT2D eigenvalue weighted by molar-refractivity contribution is 6.30. The Morgan fingerprint density at radius 1 is 1.10 bits per heavy atom. The van der Waals surface area contributed by atoms with Crippen molar-refractivity contribution in [3.8, 4) is 0 Å². The first-order chi connectivity index (χ1) is 13.9. The molecule has 1 N–H and O–H groups in total. The van der Waals surface area contributed by atoms with Gasteiger partial charge in [-0.15, -0.1) is 0 Å². The van der Waals surface area contributed by atoms with Gasteiger partial charge in [0.2, 0.25) is 5.91 Å². The van der Waals surface area contributed by atoms with Crippen LogP contribution in [0.15, 0.2) is 24.3 Å². The van der Waals surface area contributed by atoms with Crippen LogP contribution in [0, 0.1) is 17.3 Å². The standard InChI is InChI=1S/C25H35ClN2O/c1-17(27-23-7-9-28(10-8-23)18(2)29)24-12-19-11-20(13-24)15-25(14-19,16-24)21-3-5-22(26)6-4-21/h3-6,17,19-20,23,27H,7-16H2,1-2H3. The van der Waals surface area contributed by atoms with Crippen LogP contribution in [-0.4, -0.2) is 36.0 Å². The molecule has 4 heteroatoms. The lowest BCUT2D eigenvalue weighted by molar-refractivity contribution is -0.130. The predicted octanol–water partition coefficient (Wildman–Crippen LogP) is 5.17. The van der Waals surface area contributed by atoms with Gasteiger partial charge in [0.05, 0.1) is 0 Å². The third-order valence-electron chi connectivity index (χ3n) is 8.91. The van der Waals surface area contributed by atoms with Crippen LogP contribution in [0.4, 0.5) is 0 Å². The van der Waals surface area contributed by atoms with Crippen LogP contribution in [0.1, 0.15) is 70.8 Å². The summed E-state index contributed by atoms with van der Waals surface area (Å²) < 4.78 is 0. The zero-order chi connectivity index (χ0) is 20.2. The highest BCUT2D eigenvalue weighted by atomic mass is 35.5. The van der Waals surface area contributed by atoms with Crippen LogP contribution in [-0.2, 0) is 10.2 Å². The molecule has 1 amide bonds. The topological polar surface area (TPSA) is 32.3 Å². The van der Waals surface area contributed by atoms with E-state index in [1.165, 1.54) is 44.1 Å². The van der Waals surface area contributed by atoms with Gasteiger partial charge in [-0.05, 0) is 98.7 Å². The molecule has 1 aromatic rings. The molecular formula is C25H35ClN2O. The van der Waals surface area contributed by atoms with Crippen molar-refractivity contribution < 1.29 is 4.79 Å². The third kappa shape index (κ3) is 3.53. The lowest BCUT2D eigenvalue weighted by Gasteiger charge is -2.64. The SMILES string of the molecule is CC(=O)N1CCC(NC(C)C23CC4CC(CC(c5ccc(Cl)cc5)(C4)C2)C3)CC1. The summed E-state index contributed by atoms with van der Waals surface area (Å²) in [5, 5.41) is 4.90. The summed E-state index contributed by atoms with van der Waals surface area (Å²) in [6.07, 6.45) is 10.5. The molecule has 1 aliphatic heterocycles. The average Bonchev–Trinajstić information content (AvgIpc) is 2.68. The van der Waals surface area contributed by atoms with Gasteiger partial charge in [0, 0.05) is 37.1 Å². The van der Waals surface area contributed by atoms with Crippen LogP contribution in [0.5, 0.6) is 0 Å². The summed E-state index contributed by atoms with van der Waals surface area (Å²) in [4.78, 5) is 13.6.